The molecule has 0 aliphatic rings. The van der Waals surface area contributed by atoms with Gasteiger partial charge in [0.25, 0.3) is 0 Å². The van der Waals surface area contributed by atoms with Crippen LogP contribution in [0, 0.1) is 6.92 Å². The fourth-order valence-electron chi connectivity index (χ4n) is 2.05. The zero-order valence-electron chi connectivity index (χ0n) is 13.0. The van der Waals surface area contributed by atoms with Crippen LogP contribution in [0.5, 0.6) is 11.5 Å². The number of urea groups is 1. The molecule has 0 saturated carbocycles. The predicted molar refractivity (Wildman–Crippen MR) is 88.0 cm³/mol. The summed E-state index contributed by atoms with van der Waals surface area (Å²) in [4.78, 5) is 12.2. The molecule has 2 rings (SSSR count). The number of ether oxygens (including phenoxy) is 2. The van der Waals surface area contributed by atoms with Gasteiger partial charge in [0.05, 0.1) is 25.1 Å². The van der Waals surface area contributed by atoms with E-state index in [4.69, 9.17) is 9.47 Å². The minimum Gasteiger partial charge on any atom is -0.495 e. The maximum atomic E-state index is 12.2. The Labute approximate surface area is 130 Å². The summed E-state index contributed by atoms with van der Waals surface area (Å²) in [5, 5.41) is 5.57. The van der Waals surface area contributed by atoms with Gasteiger partial charge in [0.2, 0.25) is 0 Å². The van der Waals surface area contributed by atoms with Crippen LogP contribution in [-0.2, 0) is 0 Å². The molecule has 0 saturated heterocycles. The topological polar surface area (TPSA) is 59.6 Å². The molecule has 5 nitrogen and oxygen atoms in total. The summed E-state index contributed by atoms with van der Waals surface area (Å²) in [6.07, 6.45) is 0. The van der Waals surface area contributed by atoms with Gasteiger partial charge in [0.15, 0.2) is 0 Å². The zero-order valence-corrected chi connectivity index (χ0v) is 13.0. The van der Waals surface area contributed by atoms with E-state index in [0.717, 1.165) is 5.56 Å². The largest absolute Gasteiger partial charge is 0.495 e. The highest BCUT2D eigenvalue weighted by Gasteiger charge is 2.10. The van der Waals surface area contributed by atoms with Crippen LogP contribution in [0.15, 0.2) is 42.5 Å². The summed E-state index contributed by atoms with van der Waals surface area (Å²) in [5.41, 5.74) is 2.27. The Morgan fingerprint density at radius 3 is 2.50 bits per heavy atom. The van der Waals surface area contributed by atoms with Gasteiger partial charge in [-0.2, -0.15) is 0 Å². The number of amides is 2. The van der Waals surface area contributed by atoms with Crippen LogP contribution in [0.25, 0.3) is 0 Å². The lowest BCUT2D eigenvalue weighted by molar-refractivity contribution is 0.261. The molecular weight excluding hydrogens is 280 g/mol. The number of para-hydroxylation sites is 2. The van der Waals surface area contributed by atoms with Crippen molar-refractivity contribution in [2.75, 3.05) is 24.4 Å². The van der Waals surface area contributed by atoms with Gasteiger partial charge in [-0.05, 0) is 43.7 Å². The molecule has 116 valence electrons. The molecule has 0 aromatic heterocycles. The van der Waals surface area contributed by atoms with Crippen molar-refractivity contribution < 1.29 is 14.3 Å². The molecular formula is C17H20N2O3. The quantitative estimate of drug-likeness (QED) is 0.876. The van der Waals surface area contributed by atoms with Gasteiger partial charge in [-0.1, -0.05) is 18.2 Å². The van der Waals surface area contributed by atoms with Crippen LogP contribution < -0.4 is 20.1 Å². The maximum absolute atomic E-state index is 12.2. The number of hydrogen-bond acceptors (Lipinski definition) is 3. The number of anilines is 2. The van der Waals surface area contributed by atoms with Crippen molar-refractivity contribution in [2.45, 2.75) is 13.8 Å². The van der Waals surface area contributed by atoms with Gasteiger partial charge in [-0.15, -0.1) is 0 Å². The number of methoxy groups -OCH3 is 1. The van der Waals surface area contributed by atoms with Gasteiger partial charge < -0.3 is 20.1 Å². The predicted octanol–water partition coefficient (Wildman–Crippen LogP) is 4.05. The molecule has 0 heterocycles. The molecule has 0 aliphatic carbocycles. The number of hydrogen-bond donors (Lipinski definition) is 2. The Kier molecular flexibility index (Phi) is 5.25. The highest BCUT2D eigenvalue weighted by atomic mass is 16.5. The third-order valence-electron chi connectivity index (χ3n) is 3.04. The second-order valence-electron chi connectivity index (χ2n) is 4.71. The van der Waals surface area contributed by atoms with Crippen LogP contribution >= 0.6 is 0 Å². The Bertz CT molecular complexity index is 656. The average Bonchev–Trinajstić information content (AvgIpc) is 2.50. The Morgan fingerprint density at radius 2 is 1.77 bits per heavy atom. The SMILES string of the molecule is CCOc1ccccc1NC(=O)Nc1cc(C)ccc1OC. The van der Waals surface area contributed by atoms with Crippen molar-refractivity contribution in [3.63, 3.8) is 0 Å². The van der Waals surface area contributed by atoms with Gasteiger partial charge >= 0.3 is 6.03 Å². The number of carbonyl (C=O) groups is 1. The lowest BCUT2D eigenvalue weighted by atomic mass is 10.2. The summed E-state index contributed by atoms with van der Waals surface area (Å²) in [6.45, 7) is 4.38. The zero-order chi connectivity index (χ0) is 15.9. The van der Waals surface area contributed by atoms with Crippen LogP contribution in [0.1, 0.15) is 12.5 Å². The van der Waals surface area contributed by atoms with E-state index in [1.54, 1.807) is 13.2 Å². The normalized spacial score (nSPS) is 9.95. The highest BCUT2D eigenvalue weighted by Crippen LogP contribution is 2.27. The van der Waals surface area contributed by atoms with Crippen molar-refractivity contribution in [2.24, 2.45) is 0 Å². The van der Waals surface area contributed by atoms with Gasteiger partial charge in [0, 0.05) is 0 Å². The van der Waals surface area contributed by atoms with Gasteiger partial charge in [-0.25, -0.2) is 4.79 Å². The highest BCUT2D eigenvalue weighted by molar-refractivity contribution is 6.01. The Hall–Kier alpha value is -2.69. The van der Waals surface area contributed by atoms with Crippen LogP contribution in [0.2, 0.25) is 0 Å². The molecule has 0 aliphatic heterocycles. The number of nitrogens with one attached hydrogen (secondary N) is 2. The van der Waals surface area contributed by atoms with E-state index in [0.29, 0.717) is 29.5 Å². The molecule has 0 unspecified atom stereocenters. The van der Waals surface area contributed by atoms with Crippen LogP contribution in [0.3, 0.4) is 0 Å². The molecule has 0 spiro atoms. The van der Waals surface area contributed by atoms with Crippen molar-refractivity contribution in [1.82, 2.24) is 0 Å². The van der Waals surface area contributed by atoms with E-state index in [-0.39, 0.29) is 6.03 Å². The lowest BCUT2D eigenvalue weighted by Gasteiger charge is -2.14. The minimum atomic E-state index is -0.351. The molecule has 5 heteroatoms. The van der Waals surface area contributed by atoms with E-state index in [1.807, 2.05) is 50.2 Å². The standard InChI is InChI=1S/C17H20N2O3/c1-4-22-16-8-6-5-7-13(16)18-17(20)19-14-11-12(2)9-10-15(14)21-3/h5-11H,4H2,1-3H3,(H2,18,19,20). The van der Waals surface area contributed by atoms with Crippen molar-refractivity contribution >= 4 is 17.4 Å². The number of rotatable bonds is 5. The maximum Gasteiger partial charge on any atom is 0.323 e. The molecule has 0 fully saturated rings. The second kappa shape index (κ2) is 7.36. The Balaban J connectivity index is 2.12. The summed E-state index contributed by atoms with van der Waals surface area (Å²) >= 11 is 0. The molecule has 2 amide bonds. The second-order valence-corrected chi connectivity index (χ2v) is 4.71. The summed E-state index contributed by atoms with van der Waals surface area (Å²) in [7, 11) is 1.57. The van der Waals surface area contributed by atoms with Crippen molar-refractivity contribution in [1.29, 1.82) is 0 Å². The number of benzene rings is 2. The van der Waals surface area contributed by atoms with E-state index < -0.39 is 0 Å². The van der Waals surface area contributed by atoms with Crippen molar-refractivity contribution in [3.8, 4) is 11.5 Å². The molecule has 2 aromatic carbocycles. The van der Waals surface area contributed by atoms with E-state index in [1.165, 1.54) is 0 Å². The van der Waals surface area contributed by atoms with Gasteiger partial charge in [0.1, 0.15) is 11.5 Å². The molecule has 2 aromatic rings. The number of aryl methyl sites for hydroxylation is 1. The first kappa shape index (κ1) is 15.7. The molecule has 0 radical (unpaired) electrons. The lowest BCUT2D eigenvalue weighted by Crippen LogP contribution is -2.20. The summed E-state index contributed by atoms with van der Waals surface area (Å²) < 4.78 is 10.7. The van der Waals surface area contributed by atoms with E-state index >= 15 is 0 Å². The third-order valence-corrected chi connectivity index (χ3v) is 3.04. The molecule has 22 heavy (non-hydrogen) atoms. The molecule has 0 bridgehead atoms. The first-order chi connectivity index (χ1) is 10.6. The van der Waals surface area contributed by atoms with Gasteiger partial charge in [-0.3, -0.25) is 0 Å². The molecule has 2 N–H and O–H groups in total. The summed E-state index contributed by atoms with van der Waals surface area (Å²) in [5.74, 6) is 1.25. The first-order valence-corrected chi connectivity index (χ1v) is 7.08. The summed E-state index contributed by atoms with van der Waals surface area (Å²) in [6, 6.07) is 12.5. The monoisotopic (exact) mass is 300 g/mol. The third kappa shape index (κ3) is 3.91. The Morgan fingerprint density at radius 1 is 1.05 bits per heavy atom. The van der Waals surface area contributed by atoms with E-state index in [2.05, 4.69) is 10.6 Å². The first-order valence-electron chi connectivity index (χ1n) is 7.08. The van der Waals surface area contributed by atoms with Crippen LogP contribution in [-0.4, -0.2) is 19.7 Å². The fraction of sp³-hybridized carbons (Fsp3) is 0.235. The average molecular weight is 300 g/mol. The molecule has 0 atom stereocenters. The smallest absolute Gasteiger partial charge is 0.323 e. The fourth-order valence-corrected chi connectivity index (χ4v) is 2.05. The van der Waals surface area contributed by atoms with Crippen molar-refractivity contribution in [3.05, 3.63) is 48.0 Å². The number of carbonyl (C=O) groups excluding carboxylic acids is 1. The minimum absolute atomic E-state index is 0.351. The van der Waals surface area contributed by atoms with E-state index in [9.17, 15) is 4.79 Å². The van der Waals surface area contributed by atoms with Crippen LogP contribution in [0.4, 0.5) is 16.2 Å².